The maximum absolute atomic E-state index is 12.6. The molecular formula is C17H21ClN2O3S2. The van der Waals surface area contributed by atoms with Crippen molar-refractivity contribution in [3.63, 3.8) is 0 Å². The summed E-state index contributed by atoms with van der Waals surface area (Å²) in [6, 6.07) is 11.2. The van der Waals surface area contributed by atoms with Crippen LogP contribution in [0.3, 0.4) is 0 Å². The van der Waals surface area contributed by atoms with Gasteiger partial charge in [0.15, 0.2) is 0 Å². The molecule has 5 nitrogen and oxygen atoms in total. The van der Waals surface area contributed by atoms with E-state index in [1.165, 1.54) is 9.87 Å². The molecule has 2 aromatic rings. The summed E-state index contributed by atoms with van der Waals surface area (Å²) in [6.07, 6.45) is 0. The number of hydrogen-bond acceptors (Lipinski definition) is 5. The van der Waals surface area contributed by atoms with Gasteiger partial charge < -0.3 is 4.74 Å². The van der Waals surface area contributed by atoms with Crippen molar-refractivity contribution in [1.82, 2.24) is 9.21 Å². The number of piperazine rings is 1. The van der Waals surface area contributed by atoms with Gasteiger partial charge in [0.1, 0.15) is 16.6 Å². The predicted octanol–water partition coefficient (Wildman–Crippen LogP) is 3.10. The molecule has 3 rings (SSSR count). The number of benzene rings is 1. The first-order valence-corrected chi connectivity index (χ1v) is 10.8. The van der Waals surface area contributed by atoms with Crippen LogP contribution < -0.4 is 4.74 Å². The van der Waals surface area contributed by atoms with E-state index in [2.05, 4.69) is 4.90 Å². The zero-order valence-corrected chi connectivity index (χ0v) is 16.4. The lowest BCUT2D eigenvalue weighted by Gasteiger charge is -2.33. The molecule has 1 fully saturated rings. The van der Waals surface area contributed by atoms with Crippen LogP contribution in [0.25, 0.3) is 0 Å². The minimum Gasteiger partial charge on any atom is -0.492 e. The zero-order valence-electron chi connectivity index (χ0n) is 14.0. The number of sulfonamides is 1. The molecule has 0 bridgehead atoms. The molecule has 0 amide bonds. The number of hydrogen-bond donors (Lipinski definition) is 0. The van der Waals surface area contributed by atoms with Crippen LogP contribution in [-0.2, 0) is 10.0 Å². The second kappa shape index (κ2) is 8.05. The summed E-state index contributed by atoms with van der Waals surface area (Å²) >= 11 is 6.96. The van der Waals surface area contributed by atoms with Gasteiger partial charge in [0.25, 0.3) is 10.0 Å². The maximum Gasteiger partial charge on any atom is 0.252 e. The maximum atomic E-state index is 12.6. The summed E-state index contributed by atoms with van der Waals surface area (Å²) in [5, 5.41) is 0. The number of rotatable bonds is 6. The highest BCUT2D eigenvalue weighted by molar-refractivity contribution is 7.91. The Balaban J connectivity index is 1.47. The summed E-state index contributed by atoms with van der Waals surface area (Å²) in [5.74, 6) is 0.871. The highest BCUT2D eigenvalue weighted by Gasteiger charge is 2.29. The molecule has 1 aromatic carbocycles. The first kappa shape index (κ1) is 18.7. The Morgan fingerprint density at radius 3 is 2.56 bits per heavy atom. The van der Waals surface area contributed by atoms with Gasteiger partial charge in [-0.1, -0.05) is 23.7 Å². The highest BCUT2D eigenvalue weighted by atomic mass is 35.5. The van der Waals surface area contributed by atoms with E-state index in [4.69, 9.17) is 16.3 Å². The van der Waals surface area contributed by atoms with Gasteiger partial charge in [0.2, 0.25) is 0 Å². The van der Waals surface area contributed by atoms with Crippen molar-refractivity contribution in [2.24, 2.45) is 0 Å². The van der Waals surface area contributed by atoms with Gasteiger partial charge in [0, 0.05) is 32.7 Å². The third-order valence-corrected chi connectivity index (χ3v) is 7.74. The van der Waals surface area contributed by atoms with Gasteiger partial charge in [-0.25, -0.2) is 8.42 Å². The summed E-state index contributed by atoms with van der Waals surface area (Å²) in [5.41, 5.74) is 1.17. The lowest BCUT2D eigenvalue weighted by molar-refractivity contribution is 0.159. The number of aryl methyl sites for hydroxylation is 1. The third kappa shape index (κ3) is 4.74. The molecule has 1 aliphatic rings. The monoisotopic (exact) mass is 400 g/mol. The molecule has 2 heterocycles. The molecule has 1 aromatic heterocycles. The Morgan fingerprint density at radius 2 is 1.92 bits per heavy atom. The smallest absolute Gasteiger partial charge is 0.252 e. The van der Waals surface area contributed by atoms with E-state index in [0.29, 0.717) is 41.3 Å². The van der Waals surface area contributed by atoms with Crippen molar-refractivity contribution < 1.29 is 13.2 Å². The summed E-state index contributed by atoms with van der Waals surface area (Å²) in [7, 11) is -3.42. The van der Waals surface area contributed by atoms with Crippen LogP contribution in [0.4, 0.5) is 0 Å². The lowest BCUT2D eigenvalue weighted by Crippen LogP contribution is -2.49. The number of thiophene rings is 1. The van der Waals surface area contributed by atoms with Crippen molar-refractivity contribution in [1.29, 1.82) is 0 Å². The first-order chi connectivity index (χ1) is 11.9. The van der Waals surface area contributed by atoms with Crippen LogP contribution in [0.15, 0.2) is 40.6 Å². The Labute approximate surface area is 157 Å². The van der Waals surface area contributed by atoms with Crippen molar-refractivity contribution in [3.8, 4) is 5.75 Å². The number of halogens is 1. The van der Waals surface area contributed by atoms with Crippen LogP contribution in [-0.4, -0.2) is 57.0 Å². The fraction of sp³-hybridized carbons (Fsp3) is 0.412. The molecule has 25 heavy (non-hydrogen) atoms. The quantitative estimate of drug-likeness (QED) is 0.747. The van der Waals surface area contributed by atoms with Gasteiger partial charge in [-0.3, -0.25) is 4.90 Å². The fourth-order valence-corrected chi connectivity index (χ4v) is 5.81. The van der Waals surface area contributed by atoms with Crippen molar-refractivity contribution >= 4 is 33.0 Å². The standard InChI is InChI=1S/C17H21ClN2O3S2/c1-14-3-2-4-15(13-14)23-12-11-19-7-9-20(10-8-19)25(21,22)17-6-5-16(18)24-17/h2-6,13H,7-12H2,1H3. The number of nitrogens with zero attached hydrogens (tertiary/aromatic N) is 2. The molecule has 136 valence electrons. The summed E-state index contributed by atoms with van der Waals surface area (Å²) < 4.78 is 33.3. The Hall–Kier alpha value is -1.12. The molecule has 0 aliphatic carbocycles. The van der Waals surface area contributed by atoms with Crippen LogP contribution in [0.1, 0.15) is 5.56 Å². The third-order valence-electron chi connectivity index (χ3n) is 4.14. The summed E-state index contributed by atoms with van der Waals surface area (Å²) in [4.78, 5) is 2.23. The van der Waals surface area contributed by atoms with E-state index in [9.17, 15) is 8.42 Å². The topological polar surface area (TPSA) is 49.9 Å². The van der Waals surface area contributed by atoms with E-state index in [1.54, 1.807) is 12.1 Å². The van der Waals surface area contributed by atoms with Gasteiger partial charge in [0.05, 0.1) is 4.34 Å². The van der Waals surface area contributed by atoms with Crippen molar-refractivity contribution in [2.75, 3.05) is 39.3 Å². The first-order valence-electron chi connectivity index (χ1n) is 8.12. The fourth-order valence-electron chi connectivity index (χ4n) is 2.75. The number of ether oxygens (including phenoxy) is 1. The highest BCUT2D eigenvalue weighted by Crippen LogP contribution is 2.28. The average molecular weight is 401 g/mol. The molecule has 0 N–H and O–H groups in total. The molecular weight excluding hydrogens is 380 g/mol. The molecule has 1 aliphatic heterocycles. The normalized spacial score (nSPS) is 16.9. The van der Waals surface area contributed by atoms with Gasteiger partial charge in [-0.15, -0.1) is 11.3 Å². The largest absolute Gasteiger partial charge is 0.492 e. The lowest BCUT2D eigenvalue weighted by atomic mass is 10.2. The molecule has 0 radical (unpaired) electrons. The van der Waals surface area contributed by atoms with E-state index in [-0.39, 0.29) is 0 Å². The Morgan fingerprint density at radius 1 is 1.16 bits per heavy atom. The van der Waals surface area contributed by atoms with Crippen molar-refractivity contribution in [3.05, 3.63) is 46.3 Å². The summed E-state index contributed by atoms with van der Waals surface area (Å²) in [6.45, 7) is 5.80. The molecule has 0 saturated carbocycles. The van der Waals surface area contributed by atoms with E-state index < -0.39 is 10.0 Å². The Kier molecular flexibility index (Phi) is 6.01. The second-order valence-corrected chi connectivity index (χ2v) is 9.85. The van der Waals surface area contributed by atoms with E-state index in [0.717, 1.165) is 23.6 Å². The molecule has 0 atom stereocenters. The molecule has 8 heteroatoms. The van der Waals surface area contributed by atoms with E-state index in [1.807, 2.05) is 31.2 Å². The van der Waals surface area contributed by atoms with Crippen LogP contribution >= 0.6 is 22.9 Å². The van der Waals surface area contributed by atoms with Crippen LogP contribution in [0.2, 0.25) is 4.34 Å². The Bertz CT molecular complexity index is 815. The van der Waals surface area contributed by atoms with Gasteiger partial charge >= 0.3 is 0 Å². The molecule has 0 unspecified atom stereocenters. The van der Waals surface area contributed by atoms with Gasteiger partial charge in [-0.2, -0.15) is 4.31 Å². The molecule has 0 spiro atoms. The zero-order chi connectivity index (χ0) is 17.9. The van der Waals surface area contributed by atoms with Crippen LogP contribution in [0, 0.1) is 6.92 Å². The molecule has 1 saturated heterocycles. The minimum absolute atomic E-state index is 0.314. The predicted molar refractivity (Wildman–Crippen MR) is 101 cm³/mol. The van der Waals surface area contributed by atoms with E-state index >= 15 is 0 Å². The average Bonchev–Trinajstić information content (AvgIpc) is 3.03. The minimum atomic E-state index is -3.42. The SMILES string of the molecule is Cc1cccc(OCCN2CCN(S(=O)(=O)c3ccc(Cl)s3)CC2)c1. The van der Waals surface area contributed by atoms with Gasteiger partial charge in [-0.05, 0) is 36.8 Å². The van der Waals surface area contributed by atoms with Crippen molar-refractivity contribution in [2.45, 2.75) is 11.1 Å². The van der Waals surface area contributed by atoms with Crippen LogP contribution in [0.5, 0.6) is 5.75 Å². The second-order valence-electron chi connectivity index (χ2n) is 5.97.